The summed E-state index contributed by atoms with van der Waals surface area (Å²) in [5.74, 6) is 2.13. The first kappa shape index (κ1) is 14.0. The number of anilines is 1. The van der Waals surface area contributed by atoms with E-state index in [1.54, 1.807) is 14.2 Å². The highest BCUT2D eigenvalue weighted by molar-refractivity contribution is 5.96. The van der Waals surface area contributed by atoms with Crippen LogP contribution in [0.2, 0.25) is 0 Å². The lowest BCUT2D eigenvalue weighted by Gasteiger charge is -2.16. The van der Waals surface area contributed by atoms with E-state index in [4.69, 9.17) is 14.5 Å². The molecule has 1 heterocycles. The summed E-state index contributed by atoms with van der Waals surface area (Å²) in [5.41, 5.74) is 3.17. The van der Waals surface area contributed by atoms with E-state index in [0.29, 0.717) is 5.92 Å². The number of nitrogens with one attached hydrogen (secondary N) is 1. The van der Waals surface area contributed by atoms with Crippen molar-refractivity contribution in [1.29, 1.82) is 0 Å². The van der Waals surface area contributed by atoms with Crippen LogP contribution in [0.4, 0.5) is 5.69 Å². The Bertz CT molecular complexity index is 649. The summed E-state index contributed by atoms with van der Waals surface area (Å²) in [7, 11) is 5.29. The first-order valence-corrected chi connectivity index (χ1v) is 7.51. The minimum atomic E-state index is 0.577. The fourth-order valence-corrected chi connectivity index (χ4v) is 3.20. The maximum Gasteiger partial charge on any atom is 0.148 e. The van der Waals surface area contributed by atoms with Gasteiger partial charge in [0.1, 0.15) is 17.0 Å². The van der Waals surface area contributed by atoms with Crippen molar-refractivity contribution in [3.63, 3.8) is 0 Å². The molecule has 0 radical (unpaired) electrons. The van der Waals surface area contributed by atoms with Crippen LogP contribution in [0.5, 0.6) is 11.5 Å². The fourth-order valence-electron chi connectivity index (χ4n) is 3.20. The molecule has 21 heavy (non-hydrogen) atoms. The Labute approximate surface area is 125 Å². The monoisotopic (exact) mass is 286 g/mol. The number of aromatic nitrogens is 1. The molecule has 2 aromatic rings. The Morgan fingerprint density at radius 2 is 1.86 bits per heavy atom. The molecular weight excluding hydrogens is 264 g/mol. The number of ether oxygens (including phenoxy) is 2. The zero-order valence-electron chi connectivity index (χ0n) is 12.9. The molecule has 0 bridgehead atoms. The van der Waals surface area contributed by atoms with Crippen LogP contribution in [0.1, 0.15) is 37.3 Å². The molecule has 1 N–H and O–H groups in total. The van der Waals surface area contributed by atoms with Crippen LogP contribution in [0.15, 0.2) is 18.2 Å². The Morgan fingerprint density at radius 1 is 1.10 bits per heavy atom. The van der Waals surface area contributed by atoms with Gasteiger partial charge in [0.2, 0.25) is 0 Å². The molecule has 1 aromatic carbocycles. The van der Waals surface area contributed by atoms with Gasteiger partial charge in [-0.25, -0.2) is 4.98 Å². The molecule has 4 heteroatoms. The molecule has 0 saturated heterocycles. The van der Waals surface area contributed by atoms with Crippen molar-refractivity contribution in [2.24, 2.45) is 0 Å². The molecule has 0 aliphatic heterocycles. The maximum absolute atomic E-state index is 5.52. The van der Waals surface area contributed by atoms with Gasteiger partial charge in [0.05, 0.1) is 14.2 Å². The van der Waals surface area contributed by atoms with E-state index in [9.17, 15) is 0 Å². The molecule has 1 aromatic heterocycles. The smallest absolute Gasteiger partial charge is 0.148 e. The van der Waals surface area contributed by atoms with Crippen LogP contribution in [0, 0.1) is 0 Å². The summed E-state index contributed by atoms with van der Waals surface area (Å²) in [6.07, 6.45) is 5.08. The van der Waals surface area contributed by atoms with E-state index in [2.05, 4.69) is 11.4 Å². The van der Waals surface area contributed by atoms with Gasteiger partial charge in [-0.1, -0.05) is 12.8 Å². The van der Waals surface area contributed by atoms with E-state index >= 15 is 0 Å². The molecule has 1 aliphatic carbocycles. The third kappa shape index (κ3) is 2.50. The highest BCUT2D eigenvalue weighted by atomic mass is 16.5. The number of nitrogens with zero attached hydrogens (tertiary/aromatic N) is 1. The molecule has 1 aliphatic rings. The lowest BCUT2D eigenvalue weighted by Crippen LogP contribution is -2.02. The number of rotatable bonds is 4. The molecule has 3 rings (SSSR count). The number of methoxy groups -OCH3 is 2. The summed E-state index contributed by atoms with van der Waals surface area (Å²) in [5, 5.41) is 4.32. The SMILES string of the molecule is CNc1cc(C2CCCC2)nc2c(OC)cc(OC)cc12. The van der Waals surface area contributed by atoms with Crippen molar-refractivity contribution in [2.75, 3.05) is 26.6 Å². The van der Waals surface area contributed by atoms with Gasteiger partial charge < -0.3 is 14.8 Å². The van der Waals surface area contributed by atoms with E-state index in [-0.39, 0.29) is 0 Å². The van der Waals surface area contributed by atoms with Crippen LogP contribution in [-0.2, 0) is 0 Å². The lowest BCUT2D eigenvalue weighted by molar-refractivity contribution is 0.397. The Kier molecular flexibility index (Phi) is 3.86. The van der Waals surface area contributed by atoms with Gasteiger partial charge in [0.25, 0.3) is 0 Å². The zero-order chi connectivity index (χ0) is 14.8. The van der Waals surface area contributed by atoms with Crippen molar-refractivity contribution in [3.05, 3.63) is 23.9 Å². The van der Waals surface area contributed by atoms with Crippen LogP contribution >= 0.6 is 0 Å². The topological polar surface area (TPSA) is 43.4 Å². The Balaban J connectivity index is 2.21. The average Bonchev–Trinajstić information content (AvgIpc) is 3.07. The molecule has 1 saturated carbocycles. The van der Waals surface area contributed by atoms with Gasteiger partial charge in [-0.05, 0) is 25.0 Å². The van der Waals surface area contributed by atoms with Crippen molar-refractivity contribution in [2.45, 2.75) is 31.6 Å². The van der Waals surface area contributed by atoms with E-state index < -0.39 is 0 Å². The normalized spacial score (nSPS) is 15.4. The van der Waals surface area contributed by atoms with Gasteiger partial charge in [-0.3, -0.25) is 0 Å². The highest BCUT2D eigenvalue weighted by Gasteiger charge is 2.21. The predicted molar refractivity (Wildman–Crippen MR) is 85.6 cm³/mol. The molecule has 1 fully saturated rings. The Hall–Kier alpha value is -1.97. The fraction of sp³-hybridized carbons (Fsp3) is 0.471. The molecule has 0 atom stereocenters. The molecule has 0 spiro atoms. The van der Waals surface area contributed by atoms with Crippen molar-refractivity contribution in [3.8, 4) is 11.5 Å². The minimum absolute atomic E-state index is 0.577. The molecule has 0 unspecified atom stereocenters. The molecular formula is C17H22N2O2. The quantitative estimate of drug-likeness (QED) is 0.924. The van der Waals surface area contributed by atoms with Gasteiger partial charge >= 0.3 is 0 Å². The first-order chi connectivity index (χ1) is 10.3. The first-order valence-electron chi connectivity index (χ1n) is 7.51. The summed E-state index contributed by atoms with van der Waals surface area (Å²) in [6, 6.07) is 6.08. The second-order valence-corrected chi connectivity index (χ2v) is 5.55. The second-order valence-electron chi connectivity index (χ2n) is 5.55. The minimum Gasteiger partial charge on any atom is -0.497 e. The van der Waals surface area contributed by atoms with Crippen molar-refractivity contribution < 1.29 is 9.47 Å². The second kappa shape index (κ2) is 5.80. The number of hydrogen-bond acceptors (Lipinski definition) is 4. The number of fused-ring (bicyclic) bond motifs is 1. The van der Waals surface area contributed by atoms with Crippen LogP contribution < -0.4 is 14.8 Å². The number of pyridine rings is 1. The summed E-state index contributed by atoms with van der Waals surface area (Å²) < 4.78 is 10.9. The standard InChI is InChI=1S/C17H22N2O2/c1-18-15-10-14(11-6-4-5-7-11)19-17-13(15)8-12(20-2)9-16(17)21-3/h8-11H,4-7H2,1-3H3,(H,18,19). The third-order valence-corrected chi connectivity index (χ3v) is 4.37. The predicted octanol–water partition coefficient (Wildman–Crippen LogP) is 3.95. The molecule has 0 amide bonds. The zero-order valence-corrected chi connectivity index (χ0v) is 12.9. The highest BCUT2D eigenvalue weighted by Crippen LogP contribution is 2.39. The summed E-state index contributed by atoms with van der Waals surface area (Å²) in [6.45, 7) is 0. The summed E-state index contributed by atoms with van der Waals surface area (Å²) >= 11 is 0. The average molecular weight is 286 g/mol. The largest absolute Gasteiger partial charge is 0.497 e. The third-order valence-electron chi connectivity index (χ3n) is 4.37. The summed E-state index contributed by atoms with van der Waals surface area (Å²) in [4.78, 5) is 4.89. The van der Waals surface area contributed by atoms with Gasteiger partial charge in [-0.2, -0.15) is 0 Å². The Morgan fingerprint density at radius 3 is 2.48 bits per heavy atom. The van der Waals surface area contributed by atoms with E-state index in [1.165, 1.54) is 31.4 Å². The van der Waals surface area contributed by atoms with Gasteiger partial charge in [0.15, 0.2) is 0 Å². The van der Waals surface area contributed by atoms with E-state index in [1.807, 2.05) is 19.2 Å². The number of benzene rings is 1. The van der Waals surface area contributed by atoms with Crippen LogP contribution in [0.3, 0.4) is 0 Å². The number of hydrogen-bond donors (Lipinski definition) is 1. The van der Waals surface area contributed by atoms with Crippen molar-refractivity contribution >= 4 is 16.6 Å². The maximum atomic E-state index is 5.52. The van der Waals surface area contributed by atoms with E-state index in [0.717, 1.165) is 28.1 Å². The van der Waals surface area contributed by atoms with Crippen LogP contribution in [0.25, 0.3) is 10.9 Å². The lowest BCUT2D eigenvalue weighted by atomic mass is 10.0. The van der Waals surface area contributed by atoms with Gasteiger partial charge in [-0.15, -0.1) is 0 Å². The van der Waals surface area contributed by atoms with Crippen LogP contribution in [-0.4, -0.2) is 26.3 Å². The van der Waals surface area contributed by atoms with Gasteiger partial charge in [0, 0.05) is 35.8 Å². The van der Waals surface area contributed by atoms with Crippen molar-refractivity contribution in [1.82, 2.24) is 4.98 Å². The molecule has 112 valence electrons. The molecule has 4 nitrogen and oxygen atoms in total.